The summed E-state index contributed by atoms with van der Waals surface area (Å²) in [5.74, 6) is -0.304. The van der Waals surface area contributed by atoms with Crippen LogP contribution in [0.3, 0.4) is 0 Å². The molecule has 27 heavy (non-hydrogen) atoms. The molecule has 0 spiro atoms. The molecule has 0 atom stereocenters. The van der Waals surface area contributed by atoms with Gasteiger partial charge in [0.2, 0.25) is 0 Å². The summed E-state index contributed by atoms with van der Waals surface area (Å²) in [4.78, 5) is 30.3. The number of hydrogen-bond acceptors (Lipinski definition) is 5. The molecule has 0 aliphatic carbocycles. The van der Waals surface area contributed by atoms with Crippen LogP contribution in [0.15, 0.2) is 53.6 Å². The van der Waals surface area contributed by atoms with Gasteiger partial charge in [0.15, 0.2) is 5.78 Å². The first-order chi connectivity index (χ1) is 13.0. The topological polar surface area (TPSA) is 56.3 Å². The minimum atomic E-state index is -0.263. The molecule has 0 radical (unpaired) electrons. The lowest BCUT2D eigenvalue weighted by Gasteiger charge is -2.10. The van der Waals surface area contributed by atoms with E-state index >= 15 is 0 Å². The molecule has 0 aliphatic rings. The van der Waals surface area contributed by atoms with Gasteiger partial charge in [0.1, 0.15) is 0 Å². The highest BCUT2D eigenvalue weighted by atomic mass is 32.2. The normalized spacial score (nSPS) is 10.8. The molecule has 0 saturated carbocycles. The van der Waals surface area contributed by atoms with Crippen LogP contribution in [-0.2, 0) is 16.0 Å². The molecule has 3 rings (SSSR count). The number of thioether (sulfide) groups is 1. The number of fused-ring (bicyclic) bond motifs is 1. The first-order valence-electron chi connectivity index (χ1n) is 8.76. The first-order valence-corrected chi connectivity index (χ1v) is 9.98. The number of aryl methyl sites for hydroxylation is 1. The third kappa shape index (κ3) is 4.19. The van der Waals surface area contributed by atoms with Crippen LogP contribution in [0.5, 0.6) is 0 Å². The Hall–Kier alpha value is -2.66. The summed E-state index contributed by atoms with van der Waals surface area (Å²) in [6, 6.07) is 13.2. The zero-order valence-corrected chi connectivity index (χ0v) is 16.4. The minimum Gasteiger partial charge on any atom is -0.466 e. The zero-order valence-electron chi connectivity index (χ0n) is 15.6. The van der Waals surface area contributed by atoms with Gasteiger partial charge < -0.3 is 4.74 Å². The third-order valence-electron chi connectivity index (χ3n) is 4.38. The quantitative estimate of drug-likeness (QED) is 0.356. The largest absolute Gasteiger partial charge is 0.466 e. The van der Waals surface area contributed by atoms with Crippen LogP contribution < -0.4 is 0 Å². The molecular formula is C22H21NO3S. The summed E-state index contributed by atoms with van der Waals surface area (Å²) in [7, 11) is 0. The van der Waals surface area contributed by atoms with E-state index in [1.54, 1.807) is 37.0 Å². The molecule has 2 aromatic carbocycles. The Morgan fingerprint density at radius 1 is 1.07 bits per heavy atom. The lowest BCUT2D eigenvalue weighted by molar-refractivity contribution is -0.142. The molecule has 4 nitrogen and oxygen atoms in total. The van der Waals surface area contributed by atoms with Gasteiger partial charge in [-0.1, -0.05) is 18.2 Å². The van der Waals surface area contributed by atoms with Crippen molar-refractivity contribution in [3.63, 3.8) is 0 Å². The van der Waals surface area contributed by atoms with Crippen LogP contribution in [0.2, 0.25) is 0 Å². The van der Waals surface area contributed by atoms with Gasteiger partial charge in [0.25, 0.3) is 0 Å². The average Bonchev–Trinajstić information content (AvgIpc) is 2.67. The van der Waals surface area contributed by atoms with E-state index in [4.69, 9.17) is 4.74 Å². The fourth-order valence-electron chi connectivity index (χ4n) is 3.06. The Kier molecular flexibility index (Phi) is 5.91. The van der Waals surface area contributed by atoms with Gasteiger partial charge in [-0.2, -0.15) is 0 Å². The Morgan fingerprint density at radius 3 is 2.59 bits per heavy atom. The van der Waals surface area contributed by atoms with Gasteiger partial charge in [-0.05, 0) is 55.5 Å². The number of carbonyl (C=O) groups is 2. The van der Waals surface area contributed by atoms with Crippen LogP contribution in [-0.4, -0.2) is 29.6 Å². The Morgan fingerprint density at radius 2 is 1.89 bits per heavy atom. The summed E-state index contributed by atoms with van der Waals surface area (Å²) in [5, 5.41) is 0.851. The van der Waals surface area contributed by atoms with Crippen molar-refractivity contribution in [1.82, 2.24) is 4.98 Å². The van der Waals surface area contributed by atoms with Crippen LogP contribution in [0.25, 0.3) is 10.9 Å². The third-order valence-corrected chi connectivity index (χ3v) is 5.11. The van der Waals surface area contributed by atoms with E-state index in [1.807, 2.05) is 43.5 Å². The van der Waals surface area contributed by atoms with Gasteiger partial charge >= 0.3 is 5.97 Å². The summed E-state index contributed by atoms with van der Waals surface area (Å²) >= 11 is 1.63. The van der Waals surface area contributed by atoms with Crippen molar-refractivity contribution in [3.05, 3.63) is 70.9 Å². The Labute approximate surface area is 163 Å². The minimum absolute atomic E-state index is 0.0409. The molecule has 0 unspecified atom stereocenters. The fraction of sp³-hybridized carbons (Fsp3) is 0.227. The number of rotatable bonds is 6. The molecule has 5 heteroatoms. The fourth-order valence-corrected chi connectivity index (χ4v) is 3.50. The number of carbonyl (C=O) groups excluding carboxylic acids is 2. The van der Waals surface area contributed by atoms with E-state index < -0.39 is 0 Å². The van der Waals surface area contributed by atoms with Gasteiger partial charge in [-0.25, -0.2) is 0 Å². The van der Waals surface area contributed by atoms with Crippen molar-refractivity contribution >= 4 is 34.4 Å². The van der Waals surface area contributed by atoms with Crippen LogP contribution in [0.4, 0.5) is 0 Å². The highest BCUT2D eigenvalue weighted by molar-refractivity contribution is 7.98. The van der Waals surface area contributed by atoms with Gasteiger partial charge in [0.05, 0.1) is 18.5 Å². The highest BCUT2D eigenvalue weighted by Crippen LogP contribution is 2.26. The molecule has 3 aromatic rings. The van der Waals surface area contributed by atoms with Gasteiger partial charge in [-0.15, -0.1) is 11.8 Å². The van der Waals surface area contributed by atoms with Crippen LogP contribution in [0.1, 0.15) is 34.0 Å². The molecule has 1 aromatic heterocycles. The predicted molar refractivity (Wildman–Crippen MR) is 108 cm³/mol. The van der Waals surface area contributed by atoms with Gasteiger partial charge in [0, 0.05) is 27.6 Å². The number of hydrogen-bond donors (Lipinski definition) is 0. The van der Waals surface area contributed by atoms with Crippen molar-refractivity contribution in [3.8, 4) is 0 Å². The van der Waals surface area contributed by atoms with Crippen LogP contribution in [0, 0.1) is 6.92 Å². The molecule has 0 aliphatic heterocycles. The maximum atomic E-state index is 13.2. The number of ketones is 1. The van der Waals surface area contributed by atoms with E-state index in [0.717, 1.165) is 26.9 Å². The van der Waals surface area contributed by atoms with E-state index in [-0.39, 0.29) is 18.2 Å². The summed E-state index contributed by atoms with van der Waals surface area (Å²) in [5.41, 5.74) is 3.75. The maximum Gasteiger partial charge on any atom is 0.310 e. The second kappa shape index (κ2) is 8.35. The number of aromatic nitrogens is 1. The molecular weight excluding hydrogens is 358 g/mol. The first kappa shape index (κ1) is 19.1. The molecule has 0 bridgehead atoms. The highest BCUT2D eigenvalue weighted by Gasteiger charge is 2.16. The number of ether oxygens (including phenoxy) is 1. The maximum absolute atomic E-state index is 13.2. The molecule has 0 N–H and O–H groups in total. The molecule has 0 fully saturated rings. The van der Waals surface area contributed by atoms with Gasteiger partial charge in [-0.3, -0.25) is 14.6 Å². The lowest BCUT2D eigenvalue weighted by atomic mass is 9.95. The Balaban J connectivity index is 1.96. The van der Waals surface area contributed by atoms with Crippen molar-refractivity contribution in [1.29, 1.82) is 0 Å². The monoisotopic (exact) mass is 379 g/mol. The van der Waals surface area contributed by atoms with E-state index in [1.165, 1.54) is 0 Å². The van der Waals surface area contributed by atoms with Crippen molar-refractivity contribution in [2.24, 2.45) is 0 Å². The van der Waals surface area contributed by atoms with E-state index in [9.17, 15) is 9.59 Å². The summed E-state index contributed by atoms with van der Waals surface area (Å²) < 4.78 is 4.99. The van der Waals surface area contributed by atoms with Crippen molar-refractivity contribution in [2.45, 2.75) is 25.2 Å². The number of esters is 1. The number of benzene rings is 2. The number of nitrogens with zero attached hydrogens (tertiary/aromatic N) is 1. The SMILES string of the molecule is CCOC(=O)Cc1ccc(C(=O)c2ccnc3ccc(SC)cc23)c(C)c1. The second-order valence-electron chi connectivity index (χ2n) is 6.20. The molecule has 138 valence electrons. The molecule has 1 heterocycles. The van der Waals surface area contributed by atoms with E-state index in [2.05, 4.69) is 4.98 Å². The molecule has 0 amide bonds. The summed E-state index contributed by atoms with van der Waals surface area (Å²) in [6.45, 7) is 4.03. The molecule has 0 saturated heterocycles. The predicted octanol–water partition coefficient (Wildman–Crippen LogP) is 4.60. The smallest absolute Gasteiger partial charge is 0.310 e. The van der Waals surface area contributed by atoms with E-state index in [0.29, 0.717) is 17.7 Å². The number of pyridine rings is 1. The Bertz CT molecular complexity index is 1010. The zero-order chi connectivity index (χ0) is 19.4. The van der Waals surface area contributed by atoms with Crippen molar-refractivity contribution < 1.29 is 14.3 Å². The van der Waals surface area contributed by atoms with Crippen molar-refractivity contribution in [2.75, 3.05) is 12.9 Å². The summed E-state index contributed by atoms with van der Waals surface area (Å²) in [6.07, 6.45) is 3.88. The second-order valence-corrected chi connectivity index (χ2v) is 7.08. The average molecular weight is 379 g/mol. The standard InChI is InChI=1S/C22H21NO3S/c1-4-26-21(24)12-15-5-7-17(14(2)11-15)22(25)18-9-10-23-20-8-6-16(27-3)13-19(18)20/h5-11,13H,4,12H2,1-3H3. The van der Waals surface area contributed by atoms with Crippen LogP contribution >= 0.6 is 11.8 Å². The lowest BCUT2D eigenvalue weighted by Crippen LogP contribution is -2.09.